The summed E-state index contributed by atoms with van der Waals surface area (Å²) in [6, 6.07) is 0. The number of thiazole rings is 1. The van der Waals surface area contributed by atoms with Gasteiger partial charge in [-0.05, 0) is 32.6 Å². The first kappa shape index (κ1) is 12.9. The normalized spacial score (nSPS) is 20.2. The predicted molar refractivity (Wildman–Crippen MR) is 67.4 cm³/mol. The molecule has 2 rings (SSSR count). The summed E-state index contributed by atoms with van der Waals surface area (Å²) in [5.41, 5.74) is 5.17. The summed E-state index contributed by atoms with van der Waals surface area (Å²) < 4.78 is 27.3. The Kier molecular flexibility index (Phi) is 3.28. The zero-order chi connectivity index (χ0) is 12.7. The zero-order valence-corrected chi connectivity index (χ0v) is 11.6. The highest BCUT2D eigenvalue weighted by atomic mass is 32.2. The molecule has 1 fully saturated rings. The Morgan fingerprint density at radius 2 is 2.29 bits per heavy atom. The van der Waals surface area contributed by atoms with E-state index in [0.717, 1.165) is 17.8 Å². The average Bonchev–Trinajstić information content (AvgIpc) is 3.01. The van der Waals surface area contributed by atoms with Gasteiger partial charge in [-0.3, -0.25) is 0 Å². The van der Waals surface area contributed by atoms with Gasteiger partial charge >= 0.3 is 0 Å². The minimum Gasteiger partial charge on any atom is -0.329 e. The standard InChI is InChI=1S/C10H17N3O2S2/c1-7-12-5-9(16-7)17(14,15)13-10(2,6-11)8-3-4-8/h5,8,13H,3-4,6,11H2,1-2H3. The molecule has 1 aliphatic carbocycles. The van der Waals surface area contributed by atoms with Crippen molar-refractivity contribution in [2.24, 2.45) is 11.7 Å². The van der Waals surface area contributed by atoms with Crippen molar-refractivity contribution < 1.29 is 8.42 Å². The third kappa shape index (κ3) is 2.67. The Hall–Kier alpha value is -0.500. The van der Waals surface area contributed by atoms with Crippen molar-refractivity contribution in [2.45, 2.75) is 36.4 Å². The predicted octanol–water partition coefficient (Wildman–Crippen LogP) is 0.857. The first-order valence-electron chi connectivity index (χ1n) is 5.54. The fourth-order valence-electron chi connectivity index (χ4n) is 1.84. The first-order chi connectivity index (χ1) is 7.87. The molecule has 0 aromatic carbocycles. The van der Waals surface area contributed by atoms with Crippen LogP contribution in [0.4, 0.5) is 0 Å². The van der Waals surface area contributed by atoms with E-state index in [2.05, 4.69) is 9.71 Å². The Labute approximate surface area is 105 Å². The van der Waals surface area contributed by atoms with Gasteiger partial charge in [0.2, 0.25) is 0 Å². The lowest BCUT2D eigenvalue weighted by Crippen LogP contribution is -2.52. The van der Waals surface area contributed by atoms with Crippen LogP contribution in [0.5, 0.6) is 0 Å². The number of nitrogens with one attached hydrogen (secondary N) is 1. The van der Waals surface area contributed by atoms with Gasteiger partial charge in [0.15, 0.2) is 4.21 Å². The number of nitrogens with two attached hydrogens (primary N) is 1. The molecule has 7 heteroatoms. The van der Waals surface area contributed by atoms with Crippen molar-refractivity contribution in [3.05, 3.63) is 11.2 Å². The minimum atomic E-state index is -3.49. The molecular formula is C10H17N3O2S2. The molecule has 1 aromatic rings. The fraction of sp³-hybridized carbons (Fsp3) is 0.700. The maximum Gasteiger partial charge on any atom is 0.252 e. The summed E-state index contributed by atoms with van der Waals surface area (Å²) in [5, 5.41) is 0.742. The van der Waals surface area contributed by atoms with Crippen LogP contribution in [0.2, 0.25) is 0 Å². The Bertz CT molecular complexity index is 507. The van der Waals surface area contributed by atoms with E-state index in [9.17, 15) is 8.42 Å². The second-order valence-corrected chi connectivity index (χ2v) is 7.84. The molecule has 0 amide bonds. The topological polar surface area (TPSA) is 85.1 Å². The van der Waals surface area contributed by atoms with Gasteiger partial charge in [0.05, 0.1) is 11.2 Å². The summed E-state index contributed by atoms with van der Waals surface area (Å²) in [7, 11) is -3.49. The van der Waals surface area contributed by atoms with Crippen molar-refractivity contribution in [3.63, 3.8) is 0 Å². The zero-order valence-electron chi connectivity index (χ0n) is 9.93. The smallest absolute Gasteiger partial charge is 0.252 e. The number of rotatable bonds is 5. The summed E-state index contributed by atoms with van der Waals surface area (Å²) in [6.45, 7) is 3.97. The highest BCUT2D eigenvalue weighted by Crippen LogP contribution is 2.39. The Morgan fingerprint density at radius 3 is 2.71 bits per heavy atom. The van der Waals surface area contributed by atoms with E-state index in [4.69, 9.17) is 5.73 Å². The monoisotopic (exact) mass is 275 g/mol. The lowest BCUT2D eigenvalue weighted by Gasteiger charge is -2.28. The van der Waals surface area contributed by atoms with E-state index in [1.165, 1.54) is 17.5 Å². The van der Waals surface area contributed by atoms with Gasteiger partial charge in [-0.15, -0.1) is 11.3 Å². The number of hydrogen-bond acceptors (Lipinski definition) is 5. The van der Waals surface area contributed by atoms with E-state index in [1.807, 2.05) is 6.92 Å². The van der Waals surface area contributed by atoms with Gasteiger partial charge in [-0.25, -0.2) is 18.1 Å². The van der Waals surface area contributed by atoms with E-state index in [1.54, 1.807) is 6.92 Å². The number of hydrogen-bond donors (Lipinski definition) is 2. The summed E-state index contributed by atoms with van der Waals surface area (Å²) >= 11 is 1.18. The van der Waals surface area contributed by atoms with Crippen LogP contribution in [0.15, 0.2) is 10.4 Å². The molecule has 0 saturated heterocycles. The first-order valence-corrected chi connectivity index (χ1v) is 7.84. The summed E-state index contributed by atoms with van der Waals surface area (Å²) in [6.07, 6.45) is 3.47. The maximum absolute atomic E-state index is 12.2. The molecule has 0 bridgehead atoms. The van der Waals surface area contributed by atoms with Crippen molar-refractivity contribution in [1.29, 1.82) is 0 Å². The molecule has 1 aliphatic rings. The molecule has 96 valence electrons. The second kappa shape index (κ2) is 4.31. The van der Waals surface area contributed by atoms with Crippen LogP contribution in [0.3, 0.4) is 0 Å². The summed E-state index contributed by atoms with van der Waals surface area (Å²) in [4.78, 5) is 3.97. The van der Waals surface area contributed by atoms with Crippen LogP contribution >= 0.6 is 11.3 Å². The van der Waals surface area contributed by atoms with E-state index in [0.29, 0.717) is 12.5 Å². The van der Waals surface area contributed by atoms with Crippen LogP contribution in [0.1, 0.15) is 24.8 Å². The number of aromatic nitrogens is 1. The SMILES string of the molecule is Cc1ncc(S(=O)(=O)NC(C)(CN)C2CC2)s1. The van der Waals surface area contributed by atoms with E-state index in [-0.39, 0.29) is 4.21 Å². The molecule has 1 unspecified atom stereocenters. The van der Waals surface area contributed by atoms with Gasteiger partial charge in [0.1, 0.15) is 0 Å². The van der Waals surface area contributed by atoms with Gasteiger partial charge in [0, 0.05) is 12.1 Å². The molecular weight excluding hydrogens is 258 g/mol. The average molecular weight is 275 g/mol. The van der Waals surface area contributed by atoms with Crippen LogP contribution in [0.25, 0.3) is 0 Å². The van der Waals surface area contributed by atoms with Gasteiger partial charge in [-0.2, -0.15) is 0 Å². The van der Waals surface area contributed by atoms with Crippen molar-refractivity contribution >= 4 is 21.4 Å². The van der Waals surface area contributed by atoms with Gasteiger partial charge < -0.3 is 5.73 Å². The van der Waals surface area contributed by atoms with Crippen LogP contribution < -0.4 is 10.5 Å². The molecule has 5 nitrogen and oxygen atoms in total. The number of aryl methyl sites for hydroxylation is 1. The molecule has 1 atom stereocenters. The quantitative estimate of drug-likeness (QED) is 0.834. The molecule has 0 aliphatic heterocycles. The summed E-state index contributed by atoms with van der Waals surface area (Å²) in [5.74, 6) is 0.358. The second-order valence-electron chi connectivity index (χ2n) is 4.70. The molecule has 3 N–H and O–H groups in total. The largest absolute Gasteiger partial charge is 0.329 e. The van der Waals surface area contributed by atoms with Crippen LogP contribution in [-0.4, -0.2) is 25.5 Å². The number of sulfonamides is 1. The van der Waals surface area contributed by atoms with Crippen LogP contribution in [-0.2, 0) is 10.0 Å². The van der Waals surface area contributed by atoms with E-state index < -0.39 is 15.6 Å². The third-order valence-corrected chi connectivity index (χ3v) is 6.12. The fourth-order valence-corrected chi connectivity index (χ4v) is 4.42. The highest BCUT2D eigenvalue weighted by molar-refractivity contribution is 7.91. The van der Waals surface area contributed by atoms with E-state index >= 15 is 0 Å². The maximum atomic E-state index is 12.2. The van der Waals surface area contributed by atoms with Crippen LogP contribution in [0, 0.1) is 12.8 Å². The highest BCUT2D eigenvalue weighted by Gasteiger charge is 2.43. The lowest BCUT2D eigenvalue weighted by molar-refractivity contribution is 0.374. The molecule has 1 aromatic heterocycles. The number of nitrogens with zero attached hydrogens (tertiary/aromatic N) is 1. The van der Waals surface area contributed by atoms with Crippen molar-refractivity contribution in [1.82, 2.24) is 9.71 Å². The third-order valence-electron chi connectivity index (χ3n) is 3.13. The minimum absolute atomic E-state index is 0.260. The molecule has 1 heterocycles. The van der Waals surface area contributed by atoms with Crippen molar-refractivity contribution in [3.8, 4) is 0 Å². The van der Waals surface area contributed by atoms with Gasteiger partial charge in [0.25, 0.3) is 10.0 Å². The molecule has 17 heavy (non-hydrogen) atoms. The molecule has 1 saturated carbocycles. The molecule has 0 radical (unpaired) electrons. The van der Waals surface area contributed by atoms with Crippen molar-refractivity contribution in [2.75, 3.05) is 6.54 Å². The Morgan fingerprint density at radius 1 is 1.65 bits per heavy atom. The lowest BCUT2D eigenvalue weighted by atomic mass is 9.98. The molecule has 0 spiro atoms. The van der Waals surface area contributed by atoms with Gasteiger partial charge in [-0.1, -0.05) is 0 Å². The Balaban J connectivity index is 2.22.